The molecular formula is C34H40ClN7O3S. The third kappa shape index (κ3) is 7.91. The Morgan fingerprint density at radius 2 is 1.67 bits per heavy atom. The van der Waals surface area contributed by atoms with Crippen LogP contribution in [0.1, 0.15) is 29.5 Å². The number of H-pyrrole nitrogens is 1. The summed E-state index contributed by atoms with van der Waals surface area (Å²) in [4.78, 5) is 48.0. The van der Waals surface area contributed by atoms with Crippen LogP contribution in [-0.4, -0.2) is 65.9 Å². The summed E-state index contributed by atoms with van der Waals surface area (Å²) in [5, 5.41) is 10.8. The number of amides is 3. The first-order valence-electron chi connectivity index (χ1n) is 15.4. The fourth-order valence-electron chi connectivity index (χ4n) is 5.63. The maximum absolute atomic E-state index is 14.0. The topological polar surface area (TPSA) is 158 Å². The van der Waals surface area contributed by atoms with E-state index in [-0.39, 0.29) is 31.3 Å². The van der Waals surface area contributed by atoms with Crippen LogP contribution < -0.4 is 27.4 Å². The first kappa shape index (κ1) is 33.5. The molecule has 1 aliphatic heterocycles. The number of nitrogens with one attached hydrogen (secondary N) is 4. The molecule has 46 heavy (non-hydrogen) atoms. The van der Waals surface area contributed by atoms with Crippen LogP contribution in [-0.2, 0) is 33.9 Å². The summed E-state index contributed by atoms with van der Waals surface area (Å²) in [6.45, 7) is 0.922. The van der Waals surface area contributed by atoms with Crippen molar-refractivity contribution in [3.63, 3.8) is 0 Å². The summed E-state index contributed by atoms with van der Waals surface area (Å²) in [5.74, 6) is -1.14. The lowest BCUT2D eigenvalue weighted by atomic mass is 10.0. The van der Waals surface area contributed by atoms with Crippen LogP contribution in [0.5, 0.6) is 0 Å². The minimum absolute atomic E-state index is 0.131. The van der Waals surface area contributed by atoms with Crippen LogP contribution in [0.4, 0.5) is 0 Å². The second-order valence-electron chi connectivity index (χ2n) is 11.4. The number of hydrogen-bond donors (Lipinski definition) is 6. The number of halogens is 1. The third-order valence-corrected chi connectivity index (χ3v) is 9.74. The quantitative estimate of drug-likeness (QED) is 0.185. The monoisotopic (exact) mass is 661 g/mol. The number of para-hydroxylation sites is 1. The van der Waals surface area contributed by atoms with Crippen molar-refractivity contribution in [3.05, 3.63) is 94.6 Å². The van der Waals surface area contributed by atoms with Gasteiger partial charge in [-0.25, -0.2) is 0 Å². The van der Waals surface area contributed by atoms with Gasteiger partial charge in [0.05, 0.1) is 6.04 Å². The van der Waals surface area contributed by atoms with E-state index in [9.17, 15) is 14.4 Å². The highest BCUT2D eigenvalue weighted by Crippen LogP contribution is 2.35. The fraction of sp³-hybridized carbons (Fsp3) is 0.324. The van der Waals surface area contributed by atoms with Gasteiger partial charge in [-0.1, -0.05) is 65.8 Å². The van der Waals surface area contributed by atoms with Crippen molar-refractivity contribution in [1.82, 2.24) is 25.8 Å². The summed E-state index contributed by atoms with van der Waals surface area (Å²) < 4.78 is 0. The number of carbonyl (C=O) groups is 3. The van der Waals surface area contributed by atoms with E-state index in [1.54, 1.807) is 24.9 Å². The molecule has 0 saturated carbocycles. The Bertz CT molecular complexity index is 1700. The van der Waals surface area contributed by atoms with Crippen molar-refractivity contribution in [1.29, 1.82) is 0 Å². The van der Waals surface area contributed by atoms with Gasteiger partial charge in [-0.3, -0.25) is 14.4 Å². The van der Waals surface area contributed by atoms with E-state index < -0.39 is 24.0 Å². The molecule has 8 N–H and O–H groups in total. The summed E-state index contributed by atoms with van der Waals surface area (Å²) in [5.41, 5.74) is 15.6. The number of benzene rings is 3. The normalized spacial score (nSPS) is 20.0. The van der Waals surface area contributed by atoms with E-state index in [4.69, 9.17) is 23.1 Å². The van der Waals surface area contributed by atoms with Gasteiger partial charge in [0.1, 0.15) is 12.1 Å². The molecule has 0 aliphatic carbocycles. The Labute approximate surface area is 278 Å². The van der Waals surface area contributed by atoms with E-state index in [1.165, 1.54) is 4.90 Å². The van der Waals surface area contributed by atoms with Gasteiger partial charge in [0, 0.05) is 65.0 Å². The molecule has 10 nitrogen and oxygen atoms in total. The van der Waals surface area contributed by atoms with Gasteiger partial charge < -0.3 is 37.3 Å². The highest BCUT2D eigenvalue weighted by molar-refractivity contribution is 7.99. The molecular weight excluding hydrogens is 622 g/mol. The molecule has 2 heterocycles. The molecule has 3 aromatic carbocycles. The summed E-state index contributed by atoms with van der Waals surface area (Å²) in [6.07, 6.45) is 3.20. The first-order valence-corrected chi connectivity index (χ1v) is 16.6. The predicted molar refractivity (Wildman–Crippen MR) is 182 cm³/mol. The van der Waals surface area contributed by atoms with Crippen LogP contribution in [0.2, 0.25) is 5.02 Å². The summed E-state index contributed by atoms with van der Waals surface area (Å²) in [7, 11) is 1.58. The van der Waals surface area contributed by atoms with Crippen LogP contribution in [0, 0.1) is 0 Å². The van der Waals surface area contributed by atoms with Crippen LogP contribution in [0.15, 0.2) is 82.7 Å². The van der Waals surface area contributed by atoms with Gasteiger partial charge in [0.25, 0.3) is 0 Å². The van der Waals surface area contributed by atoms with Crippen molar-refractivity contribution in [3.8, 4) is 0 Å². The van der Waals surface area contributed by atoms with Crippen molar-refractivity contribution in [2.24, 2.45) is 11.5 Å². The fourth-order valence-corrected chi connectivity index (χ4v) is 6.97. The second-order valence-corrected chi connectivity index (χ2v) is 12.9. The van der Waals surface area contributed by atoms with E-state index >= 15 is 0 Å². The molecule has 1 aliphatic rings. The van der Waals surface area contributed by atoms with Gasteiger partial charge in [-0.15, -0.1) is 0 Å². The Morgan fingerprint density at radius 3 is 2.48 bits per heavy atom. The van der Waals surface area contributed by atoms with E-state index in [1.807, 2.05) is 66.9 Å². The Balaban J connectivity index is 1.54. The maximum atomic E-state index is 14.0. The lowest BCUT2D eigenvalue weighted by molar-refractivity contribution is -0.141. The summed E-state index contributed by atoms with van der Waals surface area (Å²) in [6, 6.07) is 18.8. The maximum Gasteiger partial charge on any atom is 0.246 e. The molecule has 3 amide bonds. The number of hydrogen-bond acceptors (Lipinski definition) is 7. The third-order valence-electron chi connectivity index (χ3n) is 8.28. The number of aromatic nitrogens is 1. The van der Waals surface area contributed by atoms with Crippen molar-refractivity contribution in [2.75, 3.05) is 20.1 Å². The molecule has 0 radical (unpaired) electrons. The molecule has 3 atom stereocenters. The molecule has 0 unspecified atom stereocenters. The lowest BCUT2D eigenvalue weighted by Gasteiger charge is -2.31. The molecule has 0 spiro atoms. The molecule has 0 saturated heterocycles. The van der Waals surface area contributed by atoms with Crippen molar-refractivity contribution < 1.29 is 14.4 Å². The van der Waals surface area contributed by atoms with Crippen molar-refractivity contribution >= 4 is 52.0 Å². The Hall–Kier alpha value is -3.87. The number of likely N-dealkylation sites (N-methyl/N-ethyl adjacent to an activating group) is 1. The average molecular weight is 662 g/mol. The van der Waals surface area contributed by atoms with E-state index in [0.717, 1.165) is 37.4 Å². The molecule has 4 aromatic rings. The molecule has 0 fully saturated rings. The van der Waals surface area contributed by atoms with E-state index in [0.29, 0.717) is 31.0 Å². The van der Waals surface area contributed by atoms with Crippen LogP contribution in [0.3, 0.4) is 0 Å². The van der Waals surface area contributed by atoms with Gasteiger partial charge in [-0.05, 0) is 60.3 Å². The minimum Gasteiger partial charge on any atom is -0.361 e. The SMILES string of the molecule is CN1C(=O)[C@H](CN)NC(=O)[C@H](CCCN)NCc2ccccc2Sc2cc(Cl)ccc2CNC(=O)[C@@H]1Cc1c[nH]c2ccccc12. The molecule has 0 bridgehead atoms. The zero-order valence-electron chi connectivity index (χ0n) is 25.7. The highest BCUT2D eigenvalue weighted by atomic mass is 35.5. The Kier molecular flexibility index (Phi) is 11.4. The number of rotatable bonds is 6. The Morgan fingerprint density at radius 1 is 0.913 bits per heavy atom. The molecule has 1 aromatic heterocycles. The number of carbonyl (C=O) groups excluding carboxylic acids is 3. The smallest absolute Gasteiger partial charge is 0.246 e. The van der Waals surface area contributed by atoms with Gasteiger partial charge in [0.15, 0.2) is 0 Å². The molecule has 242 valence electrons. The second kappa shape index (κ2) is 15.6. The molecule has 12 heteroatoms. The zero-order chi connectivity index (χ0) is 32.6. The van der Waals surface area contributed by atoms with Gasteiger partial charge in [0.2, 0.25) is 17.7 Å². The van der Waals surface area contributed by atoms with Crippen LogP contribution >= 0.6 is 23.4 Å². The summed E-state index contributed by atoms with van der Waals surface area (Å²) >= 11 is 7.98. The average Bonchev–Trinajstić information content (AvgIpc) is 3.48. The predicted octanol–water partition coefficient (Wildman–Crippen LogP) is 3.31. The highest BCUT2D eigenvalue weighted by Gasteiger charge is 2.33. The zero-order valence-corrected chi connectivity index (χ0v) is 27.3. The largest absolute Gasteiger partial charge is 0.361 e. The number of nitrogens with zero attached hydrogens (tertiary/aromatic N) is 1. The van der Waals surface area contributed by atoms with Gasteiger partial charge in [-0.2, -0.15) is 0 Å². The number of nitrogens with two attached hydrogens (primary N) is 2. The number of aromatic amines is 1. The number of fused-ring (bicyclic) bond motifs is 3. The minimum atomic E-state index is -1.03. The molecule has 5 rings (SSSR count). The first-order chi connectivity index (χ1) is 22.3. The standard InChI is InChI=1S/C34H40ClN7O3S/c1-42-29(15-23-20-38-26-9-4-3-8-25(23)26)33(44)40-19-22-12-13-24(35)16-31(22)46-30-11-5-2-7-21(30)18-39-27(10-6-14-36)32(43)41-28(17-37)34(42)45/h2-5,7-9,11-13,16,20,27-29,38-39H,6,10,14-15,17-19,36-37H2,1H3,(H,40,44)(H,41,43)/t27-,28-,29-/m0/s1. The van der Waals surface area contributed by atoms with Crippen molar-refractivity contribution in [2.45, 2.75) is 60.3 Å². The van der Waals surface area contributed by atoms with Crippen LogP contribution in [0.25, 0.3) is 10.9 Å². The lowest BCUT2D eigenvalue weighted by Crippen LogP contribution is -2.59. The van der Waals surface area contributed by atoms with Gasteiger partial charge >= 0.3 is 0 Å². The van der Waals surface area contributed by atoms with E-state index in [2.05, 4.69) is 20.9 Å².